The molecule has 1 aliphatic rings. The second-order valence-corrected chi connectivity index (χ2v) is 5.28. The molecular formula is C14H29N3O4. The number of carbonyl (C=O) groups is 2. The van der Waals surface area contributed by atoms with Crippen molar-refractivity contribution >= 4 is 11.9 Å². The average molecular weight is 303 g/mol. The van der Waals surface area contributed by atoms with Gasteiger partial charge < -0.3 is 27.0 Å². The molecule has 1 fully saturated rings. The summed E-state index contributed by atoms with van der Waals surface area (Å²) < 4.78 is 0. The Bertz CT molecular complexity index is 292. The smallest absolute Gasteiger partial charge is 0.320 e. The summed E-state index contributed by atoms with van der Waals surface area (Å²) in [6, 6.07) is -0.990. The first-order valence-electron chi connectivity index (χ1n) is 7.63. The third-order valence-electron chi connectivity index (χ3n) is 3.39. The zero-order valence-corrected chi connectivity index (χ0v) is 12.6. The summed E-state index contributed by atoms with van der Waals surface area (Å²) in [5.41, 5.74) is 10.5. The van der Waals surface area contributed by atoms with E-state index in [0.29, 0.717) is 13.0 Å². The number of hydrogen-bond donors (Lipinski definition) is 5. The van der Waals surface area contributed by atoms with Crippen molar-refractivity contribution in [1.29, 1.82) is 0 Å². The van der Waals surface area contributed by atoms with Crippen LogP contribution in [0.25, 0.3) is 0 Å². The van der Waals surface area contributed by atoms with Gasteiger partial charge in [-0.1, -0.05) is 25.7 Å². The summed E-state index contributed by atoms with van der Waals surface area (Å²) in [6.45, 7) is 1.53. The van der Waals surface area contributed by atoms with E-state index in [1.165, 1.54) is 0 Å². The van der Waals surface area contributed by atoms with E-state index in [4.69, 9.17) is 21.7 Å². The topological polar surface area (TPSA) is 139 Å². The minimum Gasteiger partial charge on any atom is -0.480 e. The van der Waals surface area contributed by atoms with E-state index in [1.807, 2.05) is 0 Å². The van der Waals surface area contributed by atoms with Crippen molar-refractivity contribution in [2.45, 2.75) is 63.5 Å². The molecule has 0 aliphatic carbocycles. The number of nitrogens with one attached hydrogen (secondary N) is 1. The predicted molar refractivity (Wildman–Crippen MR) is 81.0 cm³/mol. The van der Waals surface area contributed by atoms with Gasteiger partial charge in [-0.25, -0.2) is 0 Å². The molecule has 0 amide bonds. The summed E-state index contributed by atoms with van der Waals surface area (Å²) in [7, 11) is 0. The van der Waals surface area contributed by atoms with Crippen LogP contribution < -0.4 is 16.8 Å². The van der Waals surface area contributed by atoms with E-state index < -0.39 is 18.0 Å². The monoisotopic (exact) mass is 303 g/mol. The molecule has 1 aliphatic heterocycles. The second-order valence-electron chi connectivity index (χ2n) is 5.28. The van der Waals surface area contributed by atoms with Crippen LogP contribution in [-0.2, 0) is 9.59 Å². The molecule has 0 spiro atoms. The molecule has 7 heteroatoms. The van der Waals surface area contributed by atoms with Crippen molar-refractivity contribution in [1.82, 2.24) is 5.32 Å². The molecule has 0 bridgehead atoms. The molecule has 1 saturated heterocycles. The fraction of sp³-hybridized carbons (Fsp3) is 0.857. The Hall–Kier alpha value is -1.18. The van der Waals surface area contributed by atoms with Crippen LogP contribution in [0.4, 0.5) is 0 Å². The molecule has 2 atom stereocenters. The van der Waals surface area contributed by atoms with Crippen LogP contribution in [-0.4, -0.2) is 47.3 Å². The first-order chi connectivity index (χ1) is 9.99. The number of carboxylic acids is 2. The lowest BCUT2D eigenvalue weighted by molar-refractivity contribution is -0.140. The van der Waals surface area contributed by atoms with Gasteiger partial charge in [-0.15, -0.1) is 0 Å². The fourth-order valence-corrected chi connectivity index (χ4v) is 2.05. The Morgan fingerprint density at radius 2 is 1.86 bits per heavy atom. The molecule has 7 nitrogen and oxygen atoms in total. The Labute approximate surface area is 126 Å². The maximum Gasteiger partial charge on any atom is 0.320 e. The van der Waals surface area contributed by atoms with Crippen LogP contribution in [0.3, 0.4) is 0 Å². The van der Waals surface area contributed by atoms with Crippen LogP contribution in [0.5, 0.6) is 0 Å². The molecule has 0 aromatic carbocycles. The van der Waals surface area contributed by atoms with E-state index in [0.717, 1.165) is 51.5 Å². The largest absolute Gasteiger partial charge is 0.480 e. The van der Waals surface area contributed by atoms with Crippen LogP contribution in [0.1, 0.15) is 51.4 Å². The Balaban J connectivity index is 0.000000382. The van der Waals surface area contributed by atoms with Crippen molar-refractivity contribution in [3.63, 3.8) is 0 Å². The first kappa shape index (κ1) is 19.8. The van der Waals surface area contributed by atoms with E-state index in [-0.39, 0.29) is 6.04 Å². The predicted octanol–water partition coefficient (Wildman–Crippen LogP) is 0.521. The number of hydrogen-bond acceptors (Lipinski definition) is 5. The van der Waals surface area contributed by atoms with Gasteiger partial charge in [-0.3, -0.25) is 9.59 Å². The molecule has 1 heterocycles. The summed E-state index contributed by atoms with van der Waals surface area (Å²) in [5, 5.41) is 20.0. The summed E-state index contributed by atoms with van der Waals surface area (Å²) in [6.07, 6.45) is 7.43. The highest BCUT2D eigenvalue weighted by atomic mass is 16.4. The van der Waals surface area contributed by atoms with Crippen molar-refractivity contribution in [2.24, 2.45) is 11.5 Å². The van der Waals surface area contributed by atoms with Gasteiger partial charge in [-0.05, 0) is 38.8 Å². The van der Waals surface area contributed by atoms with Crippen LogP contribution in [0, 0.1) is 0 Å². The van der Waals surface area contributed by atoms with Crippen molar-refractivity contribution in [2.75, 3.05) is 13.1 Å². The van der Waals surface area contributed by atoms with Gasteiger partial charge in [0.1, 0.15) is 12.1 Å². The van der Waals surface area contributed by atoms with Gasteiger partial charge in [0.2, 0.25) is 0 Å². The maximum absolute atomic E-state index is 10.4. The molecule has 1 rings (SSSR count). The molecule has 0 aromatic rings. The Morgan fingerprint density at radius 1 is 1.14 bits per heavy atom. The molecule has 0 saturated carbocycles. The number of unbranched alkanes of at least 4 members (excludes halogenated alkanes) is 2. The lowest BCUT2D eigenvalue weighted by atomic mass is 10.1. The van der Waals surface area contributed by atoms with Gasteiger partial charge in [0.25, 0.3) is 0 Å². The number of carboxylic acid groups (broad SMARTS) is 2. The normalized spacial score (nSPS) is 19.8. The van der Waals surface area contributed by atoms with Gasteiger partial charge in [0.15, 0.2) is 0 Å². The minimum atomic E-state index is -0.919. The standard InChI is InChI=1S/C7H16N2O2.C7H13NO2/c8-5-3-1-2-4-6(9)7(10)11;9-7(10)6-4-2-1-3-5-8-6/h6H,1-5,8-9H2,(H,10,11);6,8H,1-5H2,(H,9,10)/t2*6-/m00/s1. The van der Waals surface area contributed by atoms with Crippen molar-refractivity contribution < 1.29 is 19.8 Å². The maximum atomic E-state index is 10.4. The zero-order chi connectivity index (χ0) is 16.1. The molecule has 21 heavy (non-hydrogen) atoms. The Kier molecular flexibility index (Phi) is 11.8. The highest BCUT2D eigenvalue weighted by Gasteiger charge is 2.17. The quantitative estimate of drug-likeness (QED) is 0.432. The average Bonchev–Trinajstić information content (AvgIpc) is 2.73. The SMILES string of the molecule is NCCCCC[C@H](N)C(=O)O.O=C(O)[C@@H]1CCCCCN1. The molecule has 124 valence electrons. The minimum absolute atomic E-state index is 0.289. The van der Waals surface area contributed by atoms with Crippen LogP contribution >= 0.6 is 0 Å². The van der Waals surface area contributed by atoms with E-state index in [2.05, 4.69) is 5.32 Å². The van der Waals surface area contributed by atoms with E-state index >= 15 is 0 Å². The summed E-state index contributed by atoms with van der Waals surface area (Å²) >= 11 is 0. The van der Waals surface area contributed by atoms with Crippen molar-refractivity contribution in [3.8, 4) is 0 Å². The molecule has 0 aromatic heterocycles. The number of rotatable bonds is 7. The van der Waals surface area contributed by atoms with Gasteiger partial charge in [-0.2, -0.15) is 0 Å². The second kappa shape index (κ2) is 12.6. The van der Waals surface area contributed by atoms with Crippen LogP contribution in [0.15, 0.2) is 0 Å². The highest BCUT2D eigenvalue weighted by Crippen LogP contribution is 2.07. The molecule has 0 unspecified atom stereocenters. The van der Waals surface area contributed by atoms with Crippen LogP contribution in [0.2, 0.25) is 0 Å². The van der Waals surface area contributed by atoms with Gasteiger partial charge in [0.05, 0.1) is 0 Å². The zero-order valence-electron chi connectivity index (χ0n) is 12.6. The third kappa shape index (κ3) is 11.2. The molecule has 7 N–H and O–H groups in total. The summed E-state index contributed by atoms with van der Waals surface area (Å²) in [5.74, 6) is -1.63. The molecular weight excluding hydrogens is 274 g/mol. The number of aliphatic carboxylic acids is 2. The highest BCUT2D eigenvalue weighted by molar-refractivity contribution is 5.73. The summed E-state index contributed by atoms with van der Waals surface area (Å²) in [4.78, 5) is 20.7. The number of nitrogens with two attached hydrogens (primary N) is 2. The van der Waals surface area contributed by atoms with E-state index in [1.54, 1.807) is 0 Å². The Morgan fingerprint density at radius 3 is 2.43 bits per heavy atom. The lowest BCUT2D eigenvalue weighted by Gasteiger charge is -2.08. The lowest BCUT2D eigenvalue weighted by Crippen LogP contribution is -2.35. The van der Waals surface area contributed by atoms with E-state index in [9.17, 15) is 9.59 Å². The van der Waals surface area contributed by atoms with Crippen molar-refractivity contribution in [3.05, 3.63) is 0 Å². The van der Waals surface area contributed by atoms with Gasteiger partial charge in [0, 0.05) is 0 Å². The first-order valence-corrected chi connectivity index (χ1v) is 7.63. The molecule has 0 radical (unpaired) electrons. The fourth-order valence-electron chi connectivity index (χ4n) is 2.05. The third-order valence-corrected chi connectivity index (χ3v) is 3.39. The van der Waals surface area contributed by atoms with Gasteiger partial charge >= 0.3 is 11.9 Å².